The van der Waals surface area contributed by atoms with Crippen LogP contribution in [-0.4, -0.2) is 31.0 Å². The van der Waals surface area contributed by atoms with Crippen molar-refractivity contribution >= 4 is 24.0 Å². The Balaban J connectivity index is 2.09. The van der Waals surface area contributed by atoms with Crippen LogP contribution < -0.4 is 20.6 Å². The molecule has 0 bridgehead atoms. The number of aromatic carboxylic acids is 1. The van der Waals surface area contributed by atoms with Crippen LogP contribution in [-0.2, 0) is 16.2 Å². The van der Waals surface area contributed by atoms with Crippen molar-refractivity contribution in [2.75, 3.05) is 7.05 Å². The van der Waals surface area contributed by atoms with Gasteiger partial charge >= 0.3 is 11.8 Å². The highest BCUT2D eigenvalue weighted by molar-refractivity contribution is 6.35. The molecular weight excluding hydrogens is 338 g/mol. The smallest absolute Gasteiger partial charge is 0.329 e. The lowest BCUT2D eigenvalue weighted by molar-refractivity contribution is -0.255. The van der Waals surface area contributed by atoms with E-state index < -0.39 is 17.8 Å². The zero-order valence-corrected chi connectivity index (χ0v) is 13.9. The predicted octanol–water partition coefficient (Wildman–Crippen LogP) is -0.175. The van der Waals surface area contributed by atoms with Crippen LogP contribution in [0.4, 0.5) is 0 Å². The van der Waals surface area contributed by atoms with E-state index in [1.54, 1.807) is 6.07 Å². The molecule has 0 aliphatic carbocycles. The molecule has 2 N–H and O–H groups in total. The minimum absolute atomic E-state index is 0.150. The lowest BCUT2D eigenvalue weighted by Gasteiger charge is -2.13. The van der Waals surface area contributed by atoms with Crippen molar-refractivity contribution in [3.63, 3.8) is 0 Å². The molecule has 134 valence electrons. The molecule has 0 atom stereocenters. The van der Waals surface area contributed by atoms with Crippen molar-refractivity contribution in [2.45, 2.75) is 6.61 Å². The topological polar surface area (TPSA) is 120 Å². The highest BCUT2D eigenvalue weighted by Crippen LogP contribution is 2.20. The van der Waals surface area contributed by atoms with E-state index >= 15 is 0 Å². The average Bonchev–Trinajstić information content (AvgIpc) is 2.66. The largest absolute Gasteiger partial charge is 0.545 e. The van der Waals surface area contributed by atoms with E-state index in [2.05, 4.69) is 10.4 Å². The van der Waals surface area contributed by atoms with Crippen LogP contribution in [0, 0.1) is 0 Å². The molecule has 2 amide bonds. The van der Waals surface area contributed by atoms with Gasteiger partial charge in [0, 0.05) is 12.6 Å². The molecule has 0 saturated heterocycles. The summed E-state index contributed by atoms with van der Waals surface area (Å²) in [6, 6.07) is 13.6. The summed E-state index contributed by atoms with van der Waals surface area (Å²) in [5, 5.41) is 17.1. The number of nitrogens with one attached hydrogen (secondary N) is 2. The van der Waals surface area contributed by atoms with Gasteiger partial charge in [0.1, 0.15) is 12.4 Å². The molecule has 0 fully saturated rings. The number of carboxylic acid groups (broad SMARTS) is 1. The number of hydrazone groups is 1. The Labute approximate surface area is 149 Å². The number of ether oxygens (including phenoxy) is 1. The molecule has 8 nitrogen and oxygen atoms in total. The summed E-state index contributed by atoms with van der Waals surface area (Å²) in [6.07, 6.45) is 1.20. The minimum Gasteiger partial charge on any atom is -0.545 e. The molecule has 0 saturated carbocycles. The van der Waals surface area contributed by atoms with Crippen LogP contribution >= 0.6 is 0 Å². The minimum atomic E-state index is -1.40. The number of rotatable bonds is 6. The molecule has 26 heavy (non-hydrogen) atoms. The van der Waals surface area contributed by atoms with Gasteiger partial charge in [-0.3, -0.25) is 9.59 Å². The SMILES string of the molecule is CNC(=O)C(=O)N/N=C\c1ccc(OCc2ccccc2)c(C(=O)[O-])c1. The van der Waals surface area contributed by atoms with Gasteiger partial charge in [-0.1, -0.05) is 30.3 Å². The number of benzene rings is 2. The van der Waals surface area contributed by atoms with Gasteiger partial charge in [0.05, 0.1) is 12.2 Å². The summed E-state index contributed by atoms with van der Waals surface area (Å²) in [4.78, 5) is 33.6. The molecule has 0 aliphatic rings. The second-order valence-electron chi connectivity index (χ2n) is 5.10. The van der Waals surface area contributed by atoms with Crippen LogP contribution in [0.15, 0.2) is 53.6 Å². The zero-order chi connectivity index (χ0) is 18.9. The number of hydrogen-bond acceptors (Lipinski definition) is 6. The Morgan fingerprint density at radius 3 is 2.50 bits per heavy atom. The van der Waals surface area contributed by atoms with Crippen molar-refractivity contribution in [3.8, 4) is 5.75 Å². The number of carbonyl (C=O) groups excluding carboxylic acids is 3. The Kier molecular flexibility index (Phi) is 6.44. The maximum atomic E-state index is 11.3. The Morgan fingerprint density at radius 1 is 1.12 bits per heavy atom. The van der Waals surface area contributed by atoms with Gasteiger partial charge in [-0.05, 0) is 29.3 Å². The first-order valence-electron chi connectivity index (χ1n) is 7.58. The number of likely N-dealkylation sites (N-methyl/N-ethyl adjacent to an activating group) is 1. The Hall–Kier alpha value is -3.68. The number of carbonyl (C=O) groups is 3. The highest BCUT2D eigenvalue weighted by Gasteiger charge is 2.09. The summed E-state index contributed by atoms with van der Waals surface area (Å²) in [5.41, 5.74) is 3.14. The molecule has 8 heteroatoms. The highest BCUT2D eigenvalue weighted by atomic mass is 16.5. The predicted molar refractivity (Wildman–Crippen MR) is 91.3 cm³/mol. The molecule has 0 aliphatic heterocycles. The first-order chi connectivity index (χ1) is 12.5. The monoisotopic (exact) mass is 354 g/mol. The van der Waals surface area contributed by atoms with E-state index in [1.165, 1.54) is 25.4 Å². The van der Waals surface area contributed by atoms with Gasteiger partial charge < -0.3 is 20.0 Å². The van der Waals surface area contributed by atoms with Crippen molar-refractivity contribution in [1.29, 1.82) is 0 Å². The lowest BCUT2D eigenvalue weighted by Crippen LogP contribution is -2.35. The van der Waals surface area contributed by atoms with Crippen molar-refractivity contribution in [2.24, 2.45) is 5.10 Å². The molecule has 0 spiro atoms. The molecule has 2 aromatic carbocycles. The normalized spacial score (nSPS) is 10.3. The summed E-state index contributed by atoms with van der Waals surface area (Å²) in [5.74, 6) is -3.04. The van der Waals surface area contributed by atoms with Crippen molar-refractivity contribution in [1.82, 2.24) is 10.7 Å². The van der Waals surface area contributed by atoms with E-state index in [0.29, 0.717) is 5.56 Å². The zero-order valence-electron chi connectivity index (χ0n) is 13.9. The molecule has 0 heterocycles. The maximum absolute atomic E-state index is 11.3. The molecule has 0 unspecified atom stereocenters. The number of hydrogen-bond donors (Lipinski definition) is 2. The third-order valence-corrected chi connectivity index (χ3v) is 3.27. The van der Waals surface area contributed by atoms with Gasteiger partial charge in [-0.25, -0.2) is 5.43 Å². The van der Waals surface area contributed by atoms with Crippen LogP contribution in [0.2, 0.25) is 0 Å². The fraction of sp³-hybridized carbons (Fsp3) is 0.111. The summed E-state index contributed by atoms with van der Waals surface area (Å²) in [7, 11) is 1.31. The van der Waals surface area contributed by atoms with Crippen LogP contribution in [0.5, 0.6) is 5.75 Å². The molecular formula is C18H16N3O5-. The fourth-order valence-electron chi connectivity index (χ4n) is 1.98. The number of carboxylic acids is 1. The van der Waals surface area contributed by atoms with Crippen molar-refractivity contribution in [3.05, 3.63) is 65.2 Å². The van der Waals surface area contributed by atoms with E-state index in [0.717, 1.165) is 5.56 Å². The Bertz CT molecular complexity index is 834. The van der Waals surface area contributed by atoms with E-state index in [4.69, 9.17) is 4.74 Å². The first kappa shape index (κ1) is 18.7. The second kappa shape index (κ2) is 8.97. The van der Waals surface area contributed by atoms with Crippen LogP contribution in [0.3, 0.4) is 0 Å². The molecule has 2 rings (SSSR count). The summed E-state index contributed by atoms with van der Waals surface area (Å²) >= 11 is 0. The van der Waals surface area contributed by atoms with Gasteiger partial charge in [0.25, 0.3) is 0 Å². The van der Waals surface area contributed by atoms with E-state index in [-0.39, 0.29) is 17.9 Å². The Morgan fingerprint density at radius 2 is 1.85 bits per heavy atom. The summed E-state index contributed by atoms with van der Waals surface area (Å²) in [6.45, 7) is 0.205. The molecule has 0 aromatic heterocycles. The van der Waals surface area contributed by atoms with Crippen LogP contribution in [0.25, 0.3) is 0 Å². The fourth-order valence-corrected chi connectivity index (χ4v) is 1.98. The van der Waals surface area contributed by atoms with Gasteiger partial charge in [0.15, 0.2) is 0 Å². The standard InChI is InChI=1S/C18H17N3O5/c1-19-16(22)17(23)21-20-10-13-7-8-15(14(9-13)18(24)25)26-11-12-5-3-2-4-6-12/h2-10H,11H2,1H3,(H,19,22)(H,21,23)(H,24,25)/p-1/b20-10-. The third-order valence-electron chi connectivity index (χ3n) is 3.27. The number of amides is 2. The van der Waals surface area contributed by atoms with E-state index in [9.17, 15) is 19.5 Å². The second-order valence-corrected chi connectivity index (χ2v) is 5.10. The lowest BCUT2D eigenvalue weighted by atomic mass is 10.1. The summed E-state index contributed by atoms with van der Waals surface area (Å²) < 4.78 is 5.54. The molecule has 0 radical (unpaired) electrons. The number of nitrogens with zero attached hydrogens (tertiary/aromatic N) is 1. The van der Waals surface area contributed by atoms with Gasteiger partial charge in [-0.15, -0.1) is 0 Å². The van der Waals surface area contributed by atoms with Gasteiger partial charge in [0.2, 0.25) is 0 Å². The van der Waals surface area contributed by atoms with Crippen molar-refractivity contribution < 1.29 is 24.2 Å². The maximum Gasteiger partial charge on any atom is 0.329 e. The van der Waals surface area contributed by atoms with E-state index in [1.807, 2.05) is 35.8 Å². The molecule has 2 aromatic rings. The average molecular weight is 354 g/mol. The third kappa shape index (κ3) is 5.17. The van der Waals surface area contributed by atoms with Crippen LogP contribution in [0.1, 0.15) is 21.5 Å². The first-order valence-corrected chi connectivity index (χ1v) is 7.58. The van der Waals surface area contributed by atoms with Gasteiger partial charge in [-0.2, -0.15) is 5.10 Å². The quantitative estimate of drug-likeness (QED) is 0.424.